The van der Waals surface area contributed by atoms with E-state index >= 15 is 0 Å². The highest BCUT2D eigenvalue weighted by molar-refractivity contribution is 5.97. The van der Waals surface area contributed by atoms with E-state index in [1.54, 1.807) is 0 Å². The zero-order valence-corrected chi connectivity index (χ0v) is 25.0. The first-order valence-corrected chi connectivity index (χ1v) is 15.3. The van der Waals surface area contributed by atoms with Gasteiger partial charge >= 0.3 is 6.01 Å². The summed E-state index contributed by atoms with van der Waals surface area (Å²) in [5, 5.41) is 12.2. The number of hydrogen-bond donors (Lipinski definition) is 0. The number of likely N-dealkylation sites (tertiary alicyclic amines) is 1. The van der Waals surface area contributed by atoms with Gasteiger partial charge in [-0.3, -0.25) is 4.90 Å². The molecule has 0 amide bonds. The summed E-state index contributed by atoms with van der Waals surface area (Å²) in [4.78, 5) is 19.8. The molecule has 0 radical (unpaired) electrons. The normalized spacial score (nSPS) is 21.9. The number of hydrogen-bond acceptors (Lipinski definition) is 8. The van der Waals surface area contributed by atoms with Gasteiger partial charge in [-0.25, -0.2) is 0 Å². The van der Waals surface area contributed by atoms with Crippen LogP contribution in [0.3, 0.4) is 0 Å². The second-order valence-corrected chi connectivity index (χ2v) is 12.3. The molecule has 3 aliphatic heterocycles. The summed E-state index contributed by atoms with van der Waals surface area (Å²) in [5.41, 5.74) is 4.85. The molecular weight excluding hydrogens is 510 g/mol. The molecule has 0 saturated carbocycles. The molecular formula is C33H43N7O. The highest BCUT2D eigenvalue weighted by Gasteiger charge is 2.33. The zero-order valence-electron chi connectivity index (χ0n) is 25.0. The lowest BCUT2D eigenvalue weighted by atomic mass is 9.99. The smallest absolute Gasteiger partial charge is 0.318 e. The minimum Gasteiger partial charge on any atom is -0.462 e. The molecule has 6 rings (SSSR count). The van der Waals surface area contributed by atoms with E-state index in [1.165, 1.54) is 34.0 Å². The van der Waals surface area contributed by atoms with Crippen LogP contribution < -0.4 is 14.5 Å². The number of fused-ring (bicyclic) bond motifs is 2. The molecule has 0 spiro atoms. The molecule has 0 N–H and O–H groups in total. The summed E-state index contributed by atoms with van der Waals surface area (Å²) >= 11 is 0. The van der Waals surface area contributed by atoms with Crippen molar-refractivity contribution in [3.63, 3.8) is 0 Å². The van der Waals surface area contributed by atoms with Crippen LogP contribution in [0.15, 0.2) is 36.4 Å². The van der Waals surface area contributed by atoms with Crippen LogP contribution in [0.5, 0.6) is 6.01 Å². The number of anilines is 2. The number of benzene rings is 2. The molecule has 2 saturated heterocycles. The highest BCUT2D eigenvalue weighted by atomic mass is 16.5. The lowest BCUT2D eigenvalue weighted by molar-refractivity contribution is 0.138. The van der Waals surface area contributed by atoms with Crippen molar-refractivity contribution < 1.29 is 4.74 Å². The van der Waals surface area contributed by atoms with Crippen molar-refractivity contribution in [1.82, 2.24) is 19.8 Å². The molecule has 8 nitrogen and oxygen atoms in total. The van der Waals surface area contributed by atoms with Gasteiger partial charge < -0.3 is 19.4 Å². The van der Waals surface area contributed by atoms with Crippen LogP contribution in [0.25, 0.3) is 10.8 Å². The SMILES string of the molecule is Cc1cccc2cccc(N3CCc4c(nc(OC[C@H]5CCCN5C)nc4N4CCN(C(C)C)[C@H](CC#N)C4)C3)c12. The van der Waals surface area contributed by atoms with Crippen LogP contribution in [0.2, 0.25) is 0 Å². The van der Waals surface area contributed by atoms with Crippen molar-refractivity contribution in [3.8, 4) is 12.1 Å². The number of nitrogens with zero attached hydrogens (tertiary/aromatic N) is 7. The molecule has 0 unspecified atom stereocenters. The number of nitriles is 1. The molecule has 3 aliphatic rings. The Morgan fingerprint density at radius 1 is 1.02 bits per heavy atom. The van der Waals surface area contributed by atoms with E-state index in [0.717, 1.165) is 63.6 Å². The molecule has 216 valence electrons. The molecule has 1 aromatic heterocycles. The maximum absolute atomic E-state index is 9.59. The molecule has 8 heteroatoms. The Kier molecular flexibility index (Phi) is 8.01. The number of likely N-dealkylation sites (N-methyl/N-ethyl adjacent to an activating group) is 1. The van der Waals surface area contributed by atoms with Gasteiger partial charge in [0.05, 0.1) is 24.7 Å². The predicted molar refractivity (Wildman–Crippen MR) is 165 cm³/mol. The van der Waals surface area contributed by atoms with Crippen LogP contribution >= 0.6 is 0 Å². The van der Waals surface area contributed by atoms with Gasteiger partial charge in [0.2, 0.25) is 0 Å². The number of aryl methyl sites for hydroxylation is 1. The first-order chi connectivity index (χ1) is 19.9. The predicted octanol–water partition coefficient (Wildman–Crippen LogP) is 4.79. The lowest BCUT2D eigenvalue weighted by Crippen LogP contribution is -2.55. The highest BCUT2D eigenvalue weighted by Crippen LogP contribution is 2.36. The fourth-order valence-corrected chi connectivity index (χ4v) is 7.08. The van der Waals surface area contributed by atoms with Crippen molar-refractivity contribution in [2.24, 2.45) is 0 Å². The van der Waals surface area contributed by atoms with Crippen molar-refractivity contribution in [2.75, 3.05) is 56.2 Å². The van der Waals surface area contributed by atoms with Crippen molar-refractivity contribution in [2.45, 2.75) is 71.1 Å². The molecule has 0 bridgehead atoms. The molecule has 2 fully saturated rings. The van der Waals surface area contributed by atoms with Crippen LogP contribution in [0.1, 0.15) is 49.9 Å². The zero-order chi connectivity index (χ0) is 28.5. The quantitative estimate of drug-likeness (QED) is 0.414. The number of piperazine rings is 1. The lowest BCUT2D eigenvalue weighted by Gasteiger charge is -2.44. The Morgan fingerprint density at radius 2 is 1.85 bits per heavy atom. The third-order valence-corrected chi connectivity index (χ3v) is 9.35. The third kappa shape index (κ3) is 5.58. The van der Waals surface area contributed by atoms with Gasteiger partial charge in [-0.1, -0.05) is 30.3 Å². The van der Waals surface area contributed by atoms with Gasteiger partial charge in [0.15, 0.2) is 0 Å². The summed E-state index contributed by atoms with van der Waals surface area (Å²) in [7, 11) is 2.17. The largest absolute Gasteiger partial charge is 0.462 e. The van der Waals surface area contributed by atoms with Crippen LogP contribution in [-0.4, -0.2) is 84.3 Å². The minimum atomic E-state index is 0.189. The fraction of sp³-hybridized carbons (Fsp3) is 0.545. The average molecular weight is 554 g/mol. The first kappa shape index (κ1) is 27.7. The molecule has 4 heterocycles. The second kappa shape index (κ2) is 11.8. The topological polar surface area (TPSA) is 71.8 Å². The Balaban J connectivity index is 1.34. The van der Waals surface area contributed by atoms with E-state index in [0.29, 0.717) is 31.1 Å². The van der Waals surface area contributed by atoms with Crippen LogP contribution in [0.4, 0.5) is 11.5 Å². The molecule has 0 aliphatic carbocycles. The monoisotopic (exact) mass is 553 g/mol. The van der Waals surface area contributed by atoms with E-state index in [2.05, 4.69) is 89.9 Å². The first-order valence-electron chi connectivity index (χ1n) is 15.3. The second-order valence-electron chi connectivity index (χ2n) is 12.3. The summed E-state index contributed by atoms with van der Waals surface area (Å²) < 4.78 is 6.35. The number of rotatable bonds is 7. The van der Waals surface area contributed by atoms with E-state index in [4.69, 9.17) is 14.7 Å². The molecule has 2 atom stereocenters. The van der Waals surface area contributed by atoms with Gasteiger partial charge in [0, 0.05) is 60.9 Å². The van der Waals surface area contributed by atoms with E-state index in [-0.39, 0.29) is 6.04 Å². The number of aromatic nitrogens is 2. The van der Waals surface area contributed by atoms with E-state index in [9.17, 15) is 5.26 Å². The Morgan fingerprint density at radius 3 is 2.61 bits per heavy atom. The molecule has 3 aromatic rings. The third-order valence-electron chi connectivity index (χ3n) is 9.35. The molecule has 2 aromatic carbocycles. The van der Waals surface area contributed by atoms with Crippen molar-refractivity contribution >= 4 is 22.3 Å². The maximum Gasteiger partial charge on any atom is 0.318 e. The van der Waals surface area contributed by atoms with E-state index < -0.39 is 0 Å². The van der Waals surface area contributed by atoms with Gasteiger partial charge in [-0.05, 0) is 70.6 Å². The minimum absolute atomic E-state index is 0.189. The Labute approximate surface area is 244 Å². The van der Waals surface area contributed by atoms with Gasteiger partial charge in [0.1, 0.15) is 12.4 Å². The summed E-state index contributed by atoms with van der Waals surface area (Å²) in [6, 6.07) is 17.1. The standard InChI is InChI=1S/C33H43N7O/c1-23(2)40-19-18-39(20-26(40)13-15-34)32-28-14-17-38(30-12-6-10-25-9-5-8-24(3)31(25)30)21-29(28)35-33(36-32)41-22-27-11-7-16-37(27)4/h5-6,8-10,12,23,26-27H,7,11,13-14,16-22H2,1-4H3/t26-,27-/m1/s1. The van der Waals surface area contributed by atoms with Gasteiger partial charge in [-0.15, -0.1) is 0 Å². The summed E-state index contributed by atoms with van der Waals surface area (Å²) in [6.45, 7) is 12.6. The number of ether oxygens (including phenoxy) is 1. The van der Waals surface area contributed by atoms with Crippen LogP contribution in [-0.2, 0) is 13.0 Å². The summed E-state index contributed by atoms with van der Waals surface area (Å²) in [5.74, 6) is 1.00. The average Bonchev–Trinajstić information content (AvgIpc) is 3.39. The Hall–Kier alpha value is -3.41. The van der Waals surface area contributed by atoms with Crippen molar-refractivity contribution in [1.29, 1.82) is 5.26 Å². The maximum atomic E-state index is 9.59. The van der Waals surface area contributed by atoms with Gasteiger partial charge in [-0.2, -0.15) is 15.2 Å². The van der Waals surface area contributed by atoms with Gasteiger partial charge in [0.25, 0.3) is 0 Å². The van der Waals surface area contributed by atoms with E-state index in [1.807, 2.05) is 0 Å². The molecule has 41 heavy (non-hydrogen) atoms. The Bertz CT molecular complexity index is 1430. The van der Waals surface area contributed by atoms with Crippen LogP contribution in [0, 0.1) is 18.3 Å². The van der Waals surface area contributed by atoms with Crippen molar-refractivity contribution in [3.05, 3.63) is 53.2 Å². The fourth-order valence-electron chi connectivity index (χ4n) is 7.08. The summed E-state index contributed by atoms with van der Waals surface area (Å²) in [6.07, 6.45) is 3.76.